The van der Waals surface area contributed by atoms with Gasteiger partial charge in [0.15, 0.2) is 0 Å². The minimum atomic E-state index is -4.56. The molecule has 2 fully saturated rings. The SMILES string of the molecule is C#Cc1ccc2c(c1)CC1CCC(C2)C12CN(CC(F)(F)F)S(=O)(=O)N2. The second kappa shape index (κ2) is 5.72. The highest BCUT2D eigenvalue weighted by Gasteiger charge is 2.60. The van der Waals surface area contributed by atoms with Crippen molar-refractivity contribution in [2.75, 3.05) is 13.1 Å². The maximum atomic E-state index is 12.8. The predicted molar refractivity (Wildman–Crippen MR) is 90.4 cm³/mol. The van der Waals surface area contributed by atoms with Gasteiger partial charge in [-0.25, -0.2) is 0 Å². The van der Waals surface area contributed by atoms with Crippen LogP contribution in [-0.2, 0) is 23.1 Å². The van der Waals surface area contributed by atoms with Crippen LogP contribution in [0.4, 0.5) is 13.2 Å². The lowest BCUT2D eigenvalue weighted by atomic mass is 9.79. The quantitative estimate of drug-likeness (QED) is 0.755. The molecular formula is C18H19F3N2O2S. The van der Waals surface area contributed by atoms with Gasteiger partial charge in [0.1, 0.15) is 6.54 Å². The van der Waals surface area contributed by atoms with Gasteiger partial charge in [0.25, 0.3) is 10.2 Å². The first kappa shape index (κ1) is 17.8. The Morgan fingerprint density at radius 1 is 1.23 bits per heavy atom. The first-order chi connectivity index (χ1) is 12.1. The van der Waals surface area contributed by atoms with Gasteiger partial charge in [-0.3, -0.25) is 0 Å². The van der Waals surface area contributed by atoms with E-state index < -0.39 is 28.5 Å². The molecule has 8 heteroatoms. The average Bonchev–Trinajstić information content (AvgIpc) is 2.91. The van der Waals surface area contributed by atoms with E-state index >= 15 is 0 Å². The van der Waals surface area contributed by atoms with E-state index in [4.69, 9.17) is 6.42 Å². The molecule has 1 saturated heterocycles. The summed E-state index contributed by atoms with van der Waals surface area (Å²) >= 11 is 0. The number of hydrogen-bond acceptors (Lipinski definition) is 2. The molecule has 26 heavy (non-hydrogen) atoms. The maximum Gasteiger partial charge on any atom is 0.402 e. The number of halogens is 3. The highest BCUT2D eigenvalue weighted by molar-refractivity contribution is 7.87. The van der Waals surface area contributed by atoms with Gasteiger partial charge in [0, 0.05) is 12.1 Å². The van der Waals surface area contributed by atoms with Crippen LogP contribution >= 0.6 is 0 Å². The van der Waals surface area contributed by atoms with E-state index in [1.165, 1.54) is 0 Å². The van der Waals surface area contributed by atoms with Crippen molar-refractivity contribution in [3.63, 3.8) is 0 Å². The summed E-state index contributed by atoms with van der Waals surface area (Å²) in [6.45, 7) is -1.57. The Balaban J connectivity index is 1.70. The zero-order chi connectivity index (χ0) is 18.7. The summed E-state index contributed by atoms with van der Waals surface area (Å²) in [6, 6.07) is 5.77. The summed E-state index contributed by atoms with van der Waals surface area (Å²) in [5.41, 5.74) is 2.13. The highest BCUT2D eigenvalue weighted by atomic mass is 32.2. The van der Waals surface area contributed by atoms with Crippen LogP contribution in [0.1, 0.15) is 29.5 Å². The Morgan fingerprint density at radius 3 is 2.50 bits per heavy atom. The third kappa shape index (κ3) is 2.82. The van der Waals surface area contributed by atoms with Crippen LogP contribution in [0.3, 0.4) is 0 Å². The molecule has 4 rings (SSSR count). The third-order valence-electron chi connectivity index (χ3n) is 6.08. The molecule has 2 bridgehead atoms. The van der Waals surface area contributed by atoms with Crippen LogP contribution < -0.4 is 4.72 Å². The summed E-state index contributed by atoms with van der Waals surface area (Å²) in [4.78, 5) is 0. The summed E-state index contributed by atoms with van der Waals surface area (Å²) in [5.74, 6) is 2.56. The fraction of sp³-hybridized carbons (Fsp3) is 0.556. The molecule has 1 N–H and O–H groups in total. The van der Waals surface area contributed by atoms with E-state index in [0.29, 0.717) is 17.1 Å². The summed E-state index contributed by atoms with van der Waals surface area (Å²) < 4.78 is 66.5. The fourth-order valence-electron chi connectivity index (χ4n) is 4.93. The minimum Gasteiger partial charge on any atom is -0.195 e. The van der Waals surface area contributed by atoms with E-state index in [9.17, 15) is 21.6 Å². The predicted octanol–water partition coefficient (Wildman–Crippen LogP) is 2.24. The number of nitrogens with zero attached hydrogens (tertiary/aromatic N) is 1. The molecule has 1 aliphatic heterocycles. The standard InChI is InChI=1S/C18H19F3N2O2S/c1-2-12-3-4-13-8-15-5-6-16(9-14(13)7-12)17(15)10-23(11-18(19,20)21)26(24,25)22-17/h1,3-4,7,15-16,22H,5-6,8-11H2. The Kier molecular flexibility index (Phi) is 3.92. The Hall–Kier alpha value is -1.56. The van der Waals surface area contributed by atoms with Crippen molar-refractivity contribution in [2.45, 2.75) is 37.4 Å². The van der Waals surface area contributed by atoms with Gasteiger partial charge in [-0.05, 0) is 60.8 Å². The van der Waals surface area contributed by atoms with Gasteiger partial charge < -0.3 is 0 Å². The summed E-state index contributed by atoms with van der Waals surface area (Å²) in [7, 11) is -4.14. The van der Waals surface area contributed by atoms with Crippen LogP contribution in [0, 0.1) is 24.2 Å². The van der Waals surface area contributed by atoms with Crippen LogP contribution in [-0.4, -0.2) is 37.5 Å². The molecule has 1 saturated carbocycles. The number of alkyl halides is 3. The zero-order valence-electron chi connectivity index (χ0n) is 14.0. The Bertz CT molecular complexity index is 891. The van der Waals surface area contributed by atoms with Crippen LogP contribution in [0.2, 0.25) is 0 Å². The second-order valence-electron chi connectivity index (χ2n) is 7.54. The van der Waals surface area contributed by atoms with E-state index in [1.807, 2.05) is 18.2 Å². The van der Waals surface area contributed by atoms with Crippen molar-refractivity contribution in [2.24, 2.45) is 11.8 Å². The molecule has 3 unspecified atom stereocenters. The number of nitrogens with one attached hydrogen (secondary N) is 1. The van der Waals surface area contributed by atoms with Crippen molar-refractivity contribution >= 4 is 10.2 Å². The molecule has 1 heterocycles. The maximum absolute atomic E-state index is 12.8. The highest BCUT2D eigenvalue weighted by Crippen LogP contribution is 2.50. The first-order valence-electron chi connectivity index (χ1n) is 8.57. The fourth-order valence-corrected chi connectivity index (χ4v) is 6.64. The Labute approximate surface area is 150 Å². The third-order valence-corrected chi connectivity index (χ3v) is 7.65. The van der Waals surface area contributed by atoms with Crippen molar-refractivity contribution in [3.05, 3.63) is 34.9 Å². The lowest BCUT2D eigenvalue weighted by Crippen LogP contribution is -2.52. The molecule has 0 radical (unpaired) electrons. The van der Waals surface area contributed by atoms with Gasteiger partial charge in [-0.1, -0.05) is 12.0 Å². The minimum absolute atomic E-state index is 0.0153. The molecule has 1 aromatic carbocycles. The largest absolute Gasteiger partial charge is 0.402 e. The number of benzene rings is 1. The van der Waals surface area contributed by atoms with Crippen molar-refractivity contribution in [1.29, 1.82) is 0 Å². The number of rotatable bonds is 1. The van der Waals surface area contributed by atoms with Gasteiger partial charge in [-0.2, -0.15) is 30.6 Å². The van der Waals surface area contributed by atoms with Crippen LogP contribution in [0.25, 0.3) is 0 Å². The molecule has 0 amide bonds. The van der Waals surface area contributed by atoms with Crippen LogP contribution in [0.5, 0.6) is 0 Å². The van der Waals surface area contributed by atoms with Crippen molar-refractivity contribution in [1.82, 2.24) is 9.03 Å². The van der Waals surface area contributed by atoms with E-state index in [1.54, 1.807) is 0 Å². The lowest BCUT2D eigenvalue weighted by Gasteiger charge is -2.33. The first-order valence-corrected chi connectivity index (χ1v) is 10.0. The van der Waals surface area contributed by atoms with E-state index in [-0.39, 0.29) is 18.4 Å². The number of fused-ring (bicyclic) bond motifs is 1. The van der Waals surface area contributed by atoms with Gasteiger partial charge in [0.2, 0.25) is 0 Å². The van der Waals surface area contributed by atoms with Gasteiger partial charge in [-0.15, -0.1) is 6.42 Å². The topological polar surface area (TPSA) is 49.4 Å². The van der Waals surface area contributed by atoms with Crippen LogP contribution in [0.15, 0.2) is 18.2 Å². The molecule has 3 aliphatic rings. The molecule has 3 atom stereocenters. The molecule has 2 aliphatic carbocycles. The Morgan fingerprint density at radius 2 is 1.88 bits per heavy atom. The molecular weight excluding hydrogens is 365 g/mol. The van der Waals surface area contributed by atoms with Gasteiger partial charge in [0.05, 0.1) is 5.54 Å². The smallest absolute Gasteiger partial charge is 0.195 e. The molecule has 1 aromatic rings. The second-order valence-corrected chi connectivity index (χ2v) is 9.21. The average molecular weight is 384 g/mol. The lowest BCUT2D eigenvalue weighted by molar-refractivity contribution is -0.136. The molecule has 1 spiro atoms. The molecule has 140 valence electrons. The summed E-state index contributed by atoms with van der Waals surface area (Å²) in [6.07, 6.45) is 3.80. The van der Waals surface area contributed by atoms with E-state index in [2.05, 4.69) is 10.6 Å². The van der Waals surface area contributed by atoms with E-state index in [0.717, 1.165) is 29.5 Å². The monoisotopic (exact) mass is 384 g/mol. The number of terminal acetylenes is 1. The normalized spacial score (nSPS) is 33.0. The summed E-state index contributed by atoms with van der Waals surface area (Å²) in [5, 5.41) is 0. The number of hydrogen-bond donors (Lipinski definition) is 1. The van der Waals surface area contributed by atoms with Gasteiger partial charge >= 0.3 is 6.18 Å². The van der Waals surface area contributed by atoms with Crippen molar-refractivity contribution < 1.29 is 21.6 Å². The van der Waals surface area contributed by atoms with Crippen molar-refractivity contribution in [3.8, 4) is 12.3 Å². The zero-order valence-corrected chi connectivity index (χ0v) is 14.8. The molecule has 4 nitrogen and oxygen atoms in total. The molecule has 0 aromatic heterocycles.